The molecule has 0 aliphatic heterocycles. The van der Waals surface area contributed by atoms with Crippen molar-refractivity contribution in [3.63, 3.8) is 0 Å². The molecule has 0 heterocycles. The Balaban J connectivity index is 2.02. The molecular weight excluding hydrogens is 356 g/mol. The van der Waals surface area contributed by atoms with Crippen molar-refractivity contribution in [1.29, 1.82) is 0 Å². The Hall–Kier alpha value is -3.73. The molecule has 0 saturated carbocycles. The Kier molecular flexibility index (Phi) is 5.65. The van der Waals surface area contributed by atoms with Crippen molar-refractivity contribution in [2.75, 3.05) is 0 Å². The van der Waals surface area contributed by atoms with Crippen LogP contribution >= 0.6 is 0 Å². The van der Waals surface area contributed by atoms with Crippen molar-refractivity contribution in [1.82, 2.24) is 0 Å². The Bertz CT molecular complexity index is 1060. The fourth-order valence-electron chi connectivity index (χ4n) is 2.89. The lowest BCUT2D eigenvalue weighted by molar-refractivity contribution is -0.142. The lowest BCUT2D eigenvalue weighted by atomic mass is 9.95. The third kappa shape index (κ3) is 4.32. The third-order valence-corrected chi connectivity index (χ3v) is 4.27. The second-order valence-electron chi connectivity index (χ2n) is 6.29. The average molecular weight is 374 g/mol. The molecule has 5 heteroatoms. The summed E-state index contributed by atoms with van der Waals surface area (Å²) in [4.78, 5) is 36.0. The number of ketones is 1. The summed E-state index contributed by atoms with van der Waals surface area (Å²) in [6.45, 7) is 1.91. The van der Waals surface area contributed by atoms with Crippen LogP contribution in [0.1, 0.15) is 27.6 Å². The maximum Gasteiger partial charge on any atom is 0.332 e. The van der Waals surface area contributed by atoms with Crippen LogP contribution in [0.4, 0.5) is 0 Å². The number of esters is 1. The highest BCUT2D eigenvalue weighted by molar-refractivity contribution is 6.11. The number of carboxylic acid groups (broad SMARTS) is 1. The maximum absolute atomic E-state index is 13.3. The summed E-state index contributed by atoms with van der Waals surface area (Å²) in [6.07, 6.45) is 0.286. The monoisotopic (exact) mass is 374 g/mol. The molecule has 0 aliphatic carbocycles. The number of hydrogen-bond donors (Lipinski definition) is 1. The van der Waals surface area contributed by atoms with E-state index in [4.69, 9.17) is 9.84 Å². The number of benzene rings is 3. The van der Waals surface area contributed by atoms with Gasteiger partial charge in [0.15, 0.2) is 6.10 Å². The van der Waals surface area contributed by atoms with Gasteiger partial charge in [-0.05, 0) is 17.7 Å². The minimum absolute atomic E-state index is 0.377. The Morgan fingerprint density at radius 1 is 0.893 bits per heavy atom. The molecule has 0 aliphatic rings. The van der Waals surface area contributed by atoms with Crippen LogP contribution < -0.4 is 0 Å². The molecule has 0 radical (unpaired) electrons. The van der Waals surface area contributed by atoms with Crippen LogP contribution in [0.15, 0.2) is 78.9 Å². The quantitative estimate of drug-likeness (QED) is 0.396. The number of ether oxygens (including phenoxy) is 1. The fourth-order valence-corrected chi connectivity index (χ4v) is 2.89. The third-order valence-electron chi connectivity index (χ3n) is 4.27. The van der Waals surface area contributed by atoms with Crippen LogP contribution in [0.25, 0.3) is 10.8 Å². The summed E-state index contributed by atoms with van der Waals surface area (Å²) < 4.78 is 5.35. The highest BCUT2D eigenvalue weighted by Gasteiger charge is 2.26. The van der Waals surface area contributed by atoms with Crippen molar-refractivity contribution < 1.29 is 24.2 Å². The first-order valence-electron chi connectivity index (χ1n) is 8.66. The fraction of sp³-hybridized carbons (Fsp3) is 0.0870. The van der Waals surface area contributed by atoms with Crippen LogP contribution in [0.3, 0.4) is 0 Å². The van der Waals surface area contributed by atoms with Crippen LogP contribution in [0, 0.1) is 6.92 Å². The number of fused-ring (bicyclic) bond motifs is 1. The van der Waals surface area contributed by atoms with E-state index < -0.39 is 18.0 Å². The number of aliphatic carboxylic acids is 1. The summed E-state index contributed by atoms with van der Waals surface area (Å²) in [5.41, 5.74) is 1.94. The van der Waals surface area contributed by atoms with E-state index in [2.05, 4.69) is 0 Å². The van der Waals surface area contributed by atoms with Gasteiger partial charge in [-0.15, -0.1) is 0 Å². The molecule has 0 amide bonds. The van der Waals surface area contributed by atoms with E-state index in [-0.39, 0.29) is 5.78 Å². The van der Waals surface area contributed by atoms with Gasteiger partial charge in [0.25, 0.3) is 0 Å². The first-order valence-corrected chi connectivity index (χ1v) is 8.66. The molecule has 1 atom stereocenters. The van der Waals surface area contributed by atoms with Crippen molar-refractivity contribution in [3.8, 4) is 0 Å². The number of rotatable bonds is 6. The van der Waals surface area contributed by atoms with Crippen molar-refractivity contribution >= 4 is 28.5 Å². The first kappa shape index (κ1) is 19.0. The smallest absolute Gasteiger partial charge is 0.332 e. The Morgan fingerprint density at radius 2 is 1.57 bits per heavy atom. The zero-order valence-electron chi connectivity index (χ0n) is 15.2. The van der Waals surface area contributed by atoms with Crippen LogP contribution in [0.5, 0.6) is 0 Å². The summed E-state index contributed by atoms with van der Waals surface area (Å²) in [5, 5.41) is 10.3. The number of carboxylic acids is 1. The molecule has 1 unspecified atom stereocenters. The van der Waals surface area contributed by atoms with Gasteiger partial charge in [-0.25, -0.2) is 9.59 Å². The summed E-state index contributed by atoms with van der Waals surface area (Å²) in [7, 11) is 0. The molecule has 0 saturated heterocycles. The minimum Gasteiger partial charge on any atom is -0.478 e. The van der Waals surface area contributed by atoms with E-state index in [9.17, 15) is 14.4 Å². The molecule has 5 nitrogen and oxygen atoms in total. The topological polar surface area (TPSA) is 80.7 Å². The summed E-state index contributed by atoms with van der Waals surface area (Å²) >= 11 is 0. The van der Waals surface area contributed by atoms with Gasteiger partial charge in [0.05, 0.1) is 0 Å². The number of Topliss-reactive ketones (excluding diaryl/α,β-unsaturated/α-hetero) is 1. The Morgan fingerprint density at radius 3 is 2.29 bits per heavy atom. The van der Waals surface area contributed by atoms with Gasteiger partial charge in [0.1, 0.15) is 0 Å². The van der Waals surface area contributed by atoms with Crippen molar-refractivity contribution in [2.24, 2.45) is 0 Å². The van der Waals surface area contributed by atoms with Gasteiger partial charge < -0.3 is 9.84 Å². The molecule has 140 valence electrons. The molecule has 0 fully saturated rings. The van der Waals surface area contributed by atoms with Crippen LogP contribution in [0.2, 0.25) is 0 Å². The van der Waals surface area contributed by atoms with Gasteiger partial charge in [-0.1, -0.05) is 72.3 Å². The molecular formula is C23H18O5. The van der Waals surface area contributed by atoms with E-state index in [1.54, 1.807) is 24.3 Å². The van der Waals surface area contributed by atoms with E-state index in [1.165, 1.54) is 0 Å². The predicted octanol–water partition coefficient (Wildman–Crippen LogP) is 4.26. The van der Waals surface area contributed by atoms with E-state index in [1.807, 2.05) is 49.4 Å². The highest BCUT2D eigenvalue weighted by atomic mass is 16.5. The molecule has 3 aromatic rings. The predicted molar refractivity (Wildman–Crippen MR) is 105 cm³/mol. The maximum atomic E-state index is 13.3. The largest absolute Gasteiger partial charge is 0.478 e. The Labute approximate surface area is 161 Å². The summed E-state index contributed by atoms with van der Waals surface area (Å²) in [5.74, 6) is -2.55. The standard InChI is InChI=1S/C23H18O5/c1-15-9-11-17(12-10-15)23(28-21(26)14-13-20(24)25)22(27)19-8-4-6-16-5-2-3-7-18(16)19/h2-14,23H,1H3,(H,24,25)/b14-13+. The SMILES string of the molecule is Cc1ccc(C(OC(=O)/C=C/C(=O)O)C(=O)c2cccc3ccccc23)cc1. The van der Waals surface area contributed by atoms with Gasteiger partial charge in [-0.3, -0.25) is 4.79 Å². The lowest BCUT2D eigenvalue weighted by Gasteiger charge is -2.18. The van der Waals surface area contributed by atoms with Crippen LogP contribution in [-0.4, -0.2) is 22.8 Å². The average Bonchev–Trinajstić information content (AvgIpc) is 2.70. The molecule has 3 aromatic carbocycles. The number of aryl methyl sites for hydroxylation is 1. The number of carbonyl (C=O) groups excluding carboxylic acids is 2. The minimum atomic E-state index is -1.27. The van der Waals surface area contributed by atoms with E-state index >= 15 is 0 Å². The van der Waals surface area contributed by atoms with Crippen LogP contribution in [-0.2, 0) is 14.3 Å². The van der Waals surface area contributed by atoms with E-state index in [0.717, 1.165) is 22.4 Å². The van der Waals surface area contributed by atoms with Gasteiger partial charge in [-0.2, -0.15) is 0 Å². The van der Waals surface area contributed by atoms with Gasteiger partial charge in [0, 0.05) is 23.3 Å². The first-order chi connectivity index (χ1) is 13.5. The zero-order valence-corrected chi connectivity index (χ0v) is 15.2. The zero-order chi connectivity index (χ0) is 20.1. The normalized spacial score (nSPS) is 12.0. The van der Waals surface area contributed by atoms with E-state index in [0.29, 0.717) is 17.2 Å². The molecule has 0 spiro atoms. The van der Waals surface area contributed by atoms with Gasteiger partial charge in [0.2, 0.25) is 5.78 Å². The molecule has 28 heavy (non-hydrogen) atoms. The molecule has 0 aromatic heterocycles. The van der Waals surface area contributed by atoms with Crippen molar-refractivity contribution in [2.45, 2.75) is 13.0 Å². The lowest BCUT2D eigenvalue weighted by Crippen LogP contribution is -2.19. The second kappa shape index (κ2) is 8.31. The number of hydrogen-bond acceptors (Lipinski definition) is 4. The van der Waals surface area contributed by atoms with Crippen molar-refractivity contribution in [3.05, 3.63) is 95.6 Å². The van der Waals surface area contributed by atoms with Gasteiger partial charge >= 0.3 is 11.9 Å². The summed E-state index contributed by atoms with van der Waals surface area (Å²) in [6, 6.07) is 19.9. The second-order valence-corrected chi connectivity index (χ2v) is 6.29. The molecule has 1 N–H and O–H groups in total. The molecule has 0 bridgehead atoms. The number of carbonyl (C=O) groups is 3. The highest BCUT2D eigenvalue weighted by Crippen LogP contribution is 2.27. The molecule has 3 rings (SSSR count).